The lowest BCUT2D eigenvalue weighted by Gasteiger charge is -2.27. The summed E-state index contributed by atoms with van der Waals surface area (Å²) in [6, 6.07) is 0. The average Bonchev–Trinajstić information content (AvgIpc) is 2.73. The smallest absolute Gasteiger partial charge is 0.425 e. The quantitative estimate of drug-likeness (QED) is 0.715. The number of hydrogen-bond acceptors (Lipinski definition) is 4. The van der Waals surface area contributed by atoms with E-state index in [9.17, 15) is 26.4 Å². The third-order valence-corrected chi connectivity index (χ3v) is 5.54. The summed E-state index contributed by atoms with van der Waals surface area (Å²) in [5, 5.41) is -1.72. The highest BCUT2D eigenvalue weighted by Gasteiger charge is 2.55. The van der Waals surface area contributed by atoms with Gasteiger partial charge in [0.25, 0.3) is 0 Å². The second-order valence-corrected chi connectivity index (χ2v) is 6.81. The van der Waals surface area contributed by atoms with Crippen molar-refractivity contribution in [1.29, 1.82) is 0 Å². The molecule has 0 N–H and O–H groups in total. The number of carbonyl (C=O) groups excluding carboxylic acids is 1. The Bertz CT molecular complexity index is 456. The molecule has 19 heavy (non-hydrogen) atoms. The molecule has 0 radical (unpaired) electrons. The van der Waals surface area contributed by atoms with Gasteiger partial charge >= 0.3 is 12.1 Å². The van der Waals surface area contributed by atoms with Crippen LogP contribution in [0.2, 0.25) is 0 Å². The van der Waals surface area contributed by atoms with Gasteiger partial charge in [-0.2, -0.15) is 13.2 Å². The van der Waals surface area contributed by atoms with Crippen molar-refractivity contribution in [2.75, 3.05) is 13.1 Å². The zero-order valence-corrected chi connectivity index (χ0v) is 10.8. The second-order valence-electron chi connectivity index (χ2n) is 4.70. The fourth-order valence-corrected chi connectivity index (χ4v) is 4.14. The standard InChI is InChI=1S/C10H14F3NO4S/c11-10(12,13)8-6-7(9(15)18-8)19(16,17)14-4-2-1-3-5-14/h7-8H,1-6H2. The number of sulfonamides is 1. The molecule has 2 rings (SSSR count). The normalized spacial score (nSPS) is 30.4. The fourth-order valence-electron chi connectivity index (χ4n) is 2.30. The number of halogens is 3. The van der Waals surface area contributed by atoms with Crippen molar-refractivity contribution in [3.05, 3.63) is 0 Å². The van der Waals surface area contributed by atoms with Gasteiger partial charge in [-0.15, -0.1) is 0 Å². The molecule has 2 saturated heterocycles. The summed E-state index contributed by atoms with van der Waals surface area (Å²) in [7, 11) is -4.05. The Morgan fingerprint density at radius 2 is 1.74 bits per heavy atom. The van der Waals surface area contributed by atoms with Gasteiger partial charge in [-0.3, -0.25) is 4.79 Å². The molecule has 0 aromatic rings. The molecule has 2 heterocycles. The predicted octanol–water partition coefficient (Wildman–Crippen LogP) is 1.05. The van der Waals surface area contributed by atoms with E-state index in [2.05, 4.69) is 4.74 Å². The maximum Gasteiger partial charge on any atom is 0.425 e. The topological polar surface area (TPSA) is 63.7 Å². The van der Waals surface area contributed by atoms with Gasteiger partial charge in [-0.1, -0.05) is 6.42 Å². The van der Waals surface area contributed by atoms with E-state index >= 15 is 0 Å². The van der Waals surface area contributed by atoms with E-state index in [1.807, 2.05) is 0 Å². The number of carbonyl (C=O) groups is 1. The first-order valence-corrected chi connectivity index (χ1v) is 7.49. The van der Waals surface area contributed by atoms with Crippen molar-refractivity contribution in [3.8, 4) is 0 Å². The summed E-state index contributed by atoms with van der Waals surface area (Å²) >= 11 is 0. The summed E-state index contributed by atoms with van der Waals surface area (Å²) in [6.07, 6.45) is -5.69. The van der Waals surface area contributed by atoms with E-state index in [4.69, 9.17) is 0 Å². The first-order valence-electron chi connectivity index (χ1n) is 5.99. The van der Waals surface area contributed by atoms with Gasteiger partial charge in [0.1, 0.15) is 0 Å². The summed E-state index contributed by atoms with van der Waals surface area (Å²) in [4.78, 5) is 11.4. The average molecular weight is 301 g/mol. The molecule has 0 bridgehead atoms. The second kappa shape index (κ2) is 4.93. The predicted molar refractivity (Wildman–Crippen MR) is 58.7 cm³/mol. The van der Waals surface area contributed by atoms with Crippen LogP contribution in [0.5, 0.6) is 0 Å². The summed E-state index contributed by atoms with van der Waals surface area (Å²) in [5.74, 6) is -1.30. The van der Waals surface area contributed by atoms with Gasteiger partial charge in [0, 0.05) is 19.5 Å². The van der Waals surface area contributed by atoms with E-state index < -0.39 is 39.9 Å². The number of ether oxygens (including phenoxy) is 1. The molecule has 2 aliphatic heterocycles. The SMILES string of the molecule is O=C1OC(C(F)(F)F)CC1S(=O)(=O)N1CCCCC1. The minimum Gasteiger partial charge on any atom is -0.452 e. The number of alkyl halides is 3. The van der Waals surface area contributed by atoms with Crippen LogP contribution in [0.1, 0.15) is 25.7 Å². The molecule has 5 nitrogen and oxygen atoms in total. The zero-order valence-electron chi connectivity index (χ0n) is 10.0. The van der Waals surface area contributed by atoms with Gasteiger partial charge in [0.15, 0.2) is 11.4 Å². The zero-order chi connectivity index (χ0) is 14.3. The maximum atomic E-state index is 12.5. The van der Waals surface area contributed by atoms with Crippen LogP contribution in [0.15, 0.2) is 0 Å². The minimum absolute atomic E-state index is 0.253. The molecule has 2 unspecified atom stereocenters. The van der Waals surface area contributed by atoms with E-state index in [0.717, 1.165) is 10.7 Å². The van der Waals surface area contributed by atoms with Crippen LogP contribution in [0, 0.1) is 0 Å². The molecular weight excluding hydrogens is 287 g/mol. The van der Waals surface area contributed by atoms with Crippen molar-refractivity contribution in [2.45, 2.75) is 43.2 Å². The number of esters is 1. The van der Waals surface area contributed by atoms with Crippen molar-refractivity contribution in [1.82, 2.24) is 4.31 Å². The third-order valence-electron chi connectivity index (χ3n) is 3.35. The highest BCUT2D eigenvalue weighted by Crippen LogP contribution is 2.34. The molecule has 2 aliphatic rings. The van der Waals surface area contributed by atoms with Gasteiger partial charge < -0.3 is 4.74 Å². The lowest BCUT2D eigenvalue weighted by Crippen LogP contribution is -2.43. The van der Waals surface area contributed by atoms with Gasteiger partial charge in [0.05, 0.1) is 0 Å². The van der Waals surface area contributed by atoms with Gasteiger partial charge in [-0.05, 0) is 12.8 Å². The molecule has 0 aromatic heterocycles. The first-order chi connectivity index (χ1) is 8.73. The Hall–Kier alpha value is -0.830. The molecule has 0 aromatic carbocycles. The first kappa shape index (κ1) is 14.6. The molecule has 2 atom stereocenters. The molecule has 2 fully saturated rings. The van der Waals surface area contributed by atoms with E-state index in [1.165, 1.54) is 0 Å². The van der Waals surface area contributed by atoms with Crippen molar-refractivity contribution in [2.24, 2.45) is 0 Å². The maximum absolute atomic E-state index is 12.5. The molecule has 9 heteroatoms. The monoisotopic (exact) mass is 301 g/mol. The molecular formula is C10H14F3NO4S. The Labute approximate surface area is 108 Å². The summed E-state index contributed by atoms with van der Waals surface area (Å²) in [6.45, 7) is 0.506. The molecule has 0 aliphatic carbocycles. The number of cyclic esters (lactones) is 1. The number of hydrogen-bond donors (Lipinski definition) is 0. The Kier molecular flexibility index (Phi) is 3.78. The number of rotatable bonds is 2. The molecule has 0 saturated carbocycles. The van der Waals surface area contributed by atoms with E-state index in [1.54, 1.807) is 0 Å². The van der Waals surface area contributed by atoms with E-state index in [-0.39, 0.29) is 13.1 Å². The number of nitrogens with zero attached hydrogens (tertiary/aromatic N) is 1. The highest BCUT2D eigenvalue weighted by atomic mass is 32.2. The minimum atomic E-state index is -4.72. The summed E-state index contributed by atoms with van der Waals surface area (Å²) < 4.78 is 66.9. The molecule has 110 valence electrons. The number of piperidine rings is 1. The fraction of sp³-hybridized carbons (Fsp3) is 0.900. The Balaban J connectivity index is 2.15. The van der Waals surface area contributed by atoms with Crippen LogP contribution in [-0.4, -0.2) is 49.3 Å². The van der Waals surface area contributed by atoms with Crippen LogP contribution in [0.3, 0.4) is 0 Å². The summed E-state index contributed by atoms with van der Waals surface area (Å²) in [5.41, 5.74) is 0. The molecule has 0 spiro atoms. The largest absolute Gasteiger partial charge is 0.452 e. The van der Waals surface area contributed by atoms with Gasteiger partial charge in [-0.25, -0.2) is 12.7 Å². The van der Waals surface area contributed by atoms with Crippen LogP contribution in [0.25, 0.3) is 0 Å². The third kappa shape index (κ3) is 2.86. The van der Waals surface area contributed by atoms with Crippen LogP contribution >= 0.6 is 0 Å². The highest BCUT2D eigenvalue weighted by molar-refractivity contribution is 7.90. The Morgan fingerprint density at radius 1 is 1.16 bits per heavy atom. The van der Waals surface area contributed by atoms with Crippen molar-refractivity contribution in [3.63, 3.8) is 0 Å². The Morgan fingerprint density at radius 3 is 2.21 bits per heavy atom. The lowest BCUT2D eigenvalue weighted by atomic mass is 10.2. The van der Waals surface area contributed by atoms with Crippen molar-refractivity contribution >= 4 is 16.0 Å². The lowest BCUT2D eigenvalue weighted by molar-refractivity contribution is -0.209. The van der Waals surface area contributed by atoms with E-state index in [0.29, 0.717) is 12.8 Å². The van der Waals surface area contributed by atoms with Crippen LogP contribution < -0.4 is 0 Å². The van der Waals surface area contributed by atoms with Crippen molar-refractivity contribution < 1.29 is 31.1 Å². The molecule has 0 amide bonds. The van der Waals surface area contributed by atoms with Crippen LogP contribution in [-0.2, 0) is 19.6 Å². The van der Waals surface area contributed by atoms with Gasteiger partial charge in [0.2, 0.25) is 10.0 Å². The van der Waals surface area contributed by atoms with Crippen LogP contribution in [0.4, 0.5) is 13.2 Å².